The Morgan fingerprint density at radius 3 is 2.62 bits per heavy atom. The zero-order chi connectivity index (χ0) is 22.1. The summed E-state index contributed by atoms with van der Waals surface area (Å²) in [4.78, 5) is 39.0. The zero-order valence-corrected chi connectivity index (χ0v) is 17.4. The average molecular weight is 430 g/mol. The average Bonchev–Trinajstić information content (AvgIpc) is 3.40. The number of imide groups is 1. The highest BCUT2D eigenvalue weighted by molar-refractivity contribution is 6.22. The normalized spacial score (nSPS) is 17.6. The molecule has 3 aromatic carbocycles. The minimum absolute atomic E-state index is 0.108. The van der Waals surface area contributed by atoms with Crippen molar-refractivity contribution >= 4 is 34.2 Å². The molecular weight excluding hydrogens is 408 g/mol. The van der Waals surface area contributed by atoms with Crippen molar-refractivity contribution in [2.45, 2.75) is 18.9 Å². The summed E-state index contributed by atoms with van der Waals surface area (Å²) in [6.45, 7) is 0.742. The van der Waals surface area contributed by atoms with Gasteiger partial charge in [0, 0.05) is 12.3 Å². The topological polar surface area (TPSA) is 84.9 Å². The summed E-state index contributed by atoms with van der Waals surface area (Å²) in [5.74, 6) is -0.438. The predicted octanol–water partition coefficient (Wildman–Crippen LogP) is 3.63. The number of amides is 3. The van der Waals surface area contributed by atoms with Crippen LogP contribution in [0.25, 0.3) is 10.8 Å². The quantitative estimate of drug-likeness (QED) is 0.604. The number of carbonyl (C=O) groups excluding carboxylic acids is 3. The molecule has 0 aromatic heterocycles. The molecule has 3 amide bonds. The minimum atomic E-state index is -0.357. The number of nitrogens with zero attached hydrogens (tertiary/aromatic N) is 1. The number of benzene rings is 3. The standard InChI is InChI=1S/C25H22N2O5/c28-23(15-32-19-9-7-16-4-1-2-5-17(16)12-19)26-18-8-10-21-22(13-18)25(30)27(24(21)29)14-20-6-3-11-31-20/h1-2,4-5,7-10,12-13,20H,3,6,11,14-15H2,(H,26,28). The summed E-state index contributed by atoms with van der Waals surface area (Å²) in [5, 5.41) is 4.85. The Morgan fingerprint density at radius 1 is 1.00 bits per heavy atom. The fourth-order valence-corrected chi connectivity index (χ4v) is 4.13. The molecule has 3 aromatic rings. The van der Waals surface area contributed by atoms with Crippen LogP contribution in [0.5, 0.6) is 5.75 Å². The number of hydrogen-bond donors (Lipinski definition) is 1. The lowest BCUT2D eigenvalue weighted by molar-refractivity contribution is -0.118. The number of ether oxygens (including phenoxy) is 2. The maximum absolute atomic E-state index is 12.8. The number of nitrogens with one attached hydrogen (secondary N) is 1. The van der Waals surface area contributed by atoms with Crippen molar-refractivity contribution in [1.82, 2.24) is 4.90 Å². The van der Waals surface area contributed by atoms with Crippen molar-refractivity contribution in [2.75, 3.05) is 25.1 Å². The number of fused-ring (bicyclic) bond motifs is 2. The van der Waals surface area contributed by atoms with Gasteiger partial charge < -0.3 is 14.8 Å². The molecule has 1 saturated heterocycles. The Balaban J connectivity index is 1.22. The molecule has 7 nitrogen and oxygen atoms in total. The number of anilines is 1. The van der Waals surface area contributed by atoms with Crippen molar-refractivity contribution < 1.29 is 23.9 Å². The van der Waals surface area contributed by atoms with E-state index >= 15 is 0 Å². The third kappa shape index (κ3) is 3.94. The summed E-state index contributed by atoms with van der Waals surface area (Å²) in [6, 6.07) is 18.3. The van der Waals surface area contributed by atoms with Gasteiger partial charge in [0.2, 0.25) is 0 Å². The number of carbonyl (C=O) groups is 3. The van der Waals surface area contributed by atoms with E-state index < -0.39 is 0 Å². The Bertz CT molecular complexity index is 1220. The molecule has 2 aliphatic rings. The van der Waals surface area contributed by atoms with Crippen LogP contribution in [0, 0.1) is 0 Å². The van der Waals surface area contributed by atoms with Gasteiger partial charge in [-0.25, -0.2) is 0 Å². The van der Waals surface area contributed by atoms with E-state index in [1.54, 1.807) is 18.2 Å². The Hall–Kier alpha value is -3.71. The van der Waals surface area contributed by atoms with E-state index in [1.165, 1.54) is 4.90 Å². The zero-order valence-electron chi connectivity index (χ0n) is 17.4. The first-order chi connectivity index (χ1) is 15.6. The highest BCUT2D eigenvalue weighted by Crippen LogP contribution is 2.27. The van der Waals surface area contributed by atoms with E-state index in [4.69, 9.17) is 9.47 Å². The molecular formula is C25H22N2O5. The summed E-state index contributed by atoms with van der Waals surface area (Å²) in [6.07, 6.45) is 1.67. The molecule has 1 unspecified atom stereocenters. The SMILES string of the molecule is O=C(COc1ccc2ccccc2c1)Nc1ccc2c(c1)C(=O)N(CC1CCCO1)C2=O. The fourth-order valence-electron chi connectivity index (χ4n) is 4.13. The maximum Gasteiger partial charge on any atom is 0.262 e. The van der Waals surface area contributed by atoms with Crippen molar-refractivity contribution in [1.29, 1.82) is 0 Å². The van der Waals surface area contributed by atoms with Gasteiger partial charge in [0.15, 0.2) is 6.61 Å². The van der Waals surface area contributed by atoms with Crippen molar-refractivity contribution in [3.8, 4) is 5.75 Å². The molecule has 5 rings (SSSR count). The maximum atomic E-state index is 12.8. The summed E-state index contributed by atoms with van der Waals surface area (Å²) < 4.78 is 11.2. The molecule has 1 atom stereocenters. The summed E-state index contributed by atoms with van der Waals surface area (Å²) in [7, 11) is 0. The van der Waals surface area contributed by atoms with E-state index in [0.29, 0.717) is 29.2 Å². The molecule has 2 heterocycles. The van der Waals surface area contributed by atoms with Gasteiger partial charge in [-0.05, 0) is 53.9 Å². The van der Waals surface area contributed by atoms with Crippen LogP contribution in [0.4, 0.5) is 5.69 Å². The second kappa shape index (κ2) is 8.43. The fraction of sp³-hybridized carbons (Fsp3) is 0.240. The lowest BCUT2D eigenvalue weighted by atomic mass is 10.1. The van der Waals surface area contributed by atoms with Crippen molar-refractivity contribution in [3.63, 3.8) is 0 Å². The van der Waals surface area contributed by atoms with Gasteiger partial charge in [-0.2, -0.15) is 0 Å². The van der Waals surface area contributed by atoms with Gasteiger partial charge in [0.05, 0.1) is 23.8 Å². The molecule has 0 bridgehead atoms. The van der Waals surface area contributed by atoms with Gasteiger partial charge >= 0.3 is 0 Å². The second-order valence-electron chi connectivity index (χ2n) is 7.96. The highest BCUT2D eigenvalue weighted by atomic mass is 16.5. The first-order valence-corrected chi connectivity index (χ1v) is 10.6. The van der Waals surface area contributed by atoms with Crippen LogP contribution >= 0.6 is 0 Å². The molecule has 7 heteroatoms. The minimum Gasteiger partial charge on any atom is -0.484 e. The van der Waals surface area contributed by atoms with Crippen LogP contribution < -0.4 is 10.1 Å². The first kappa shape index (κ1) is 20.2. The lowest BCUT2D eigenvalue weighted by Crippen LogP contribution is -2.36. The third-order valence-electron chi connectivity index (χ3n) is 5.76. The third-order valence-corrected chi connectivity index (χ3v) is 5.76. The second-order valence-corrected chi connectivity index (χ2v) is 7.96. The van der Waals surface area contributed by atoms with E-state index in [-0.39, 0.29) is 37.0 Å². The molecule has 1 fully saturated rings. The molecule has 162 valence electrons. The van der Waals surface area contributed by atoms with Crippen LogP contribution in [0.1, 0.15) is 33.6 Å². The number of rotatable bonds is 6. The first-order valence-electron chi connectivity index (χ1n) is 10.6. The monoisotopic (exact) mass is 430 g/mol. The highest BCUT2D eigenvalue weighted by Gasteiger charge is 2.37. The van der Waals surface area contributed by atoms with E-state index in [1.807, 2.05) is 42.5 Å². The van der Waals surface area contributed by atoms with Gasteiger partial charge in [-0.1, -0.05) is 30.3 Å². The molecule has 0 saturated carbocycles. The van der Waals surface area contributed by atoms with Crippen molar-refractivity contribution in [3.05, 3.63) is 71.8 Å². The van der Waals surface area contributed by atoms with Crippen LogP contribution in [0.15, 0.2) is 60.7 Å². The van der Waals surface area contributed by atoms with Crippen LogP contribution in [-0.2, 0) is 9.53 Å². The van der Waals surface area contributed by atoms with Gasteiger partial charge in [0.25, 0.3) is 17.7 Å². The van der Waals surface area contributed by atoms with Crippen LogP contribution in [0.3, 0.4) is 0 Å². The molecule has 2 aliphatic heterocycles. The van der Waals surface area contributed by atoms with E-state index in [2.05, 4.69) is 5.32 Å². The molecule has 0 spiro atoms. The van der Waals surface area contributed by atoms with E-state index in [0.717, 1.165) is 23.6 Å². The molecule has 0 radical (unpaired) electrons. The summed E-state index contributed by atoms with van der Waals surface area (Å²) >= 11 is 0. The van der Waals surface area contributed by atoms with Crippen LogP contribution in [0.2, 0.25) is 0 Å². The molecule has 1 N–H and O–H groups in total. The van der Waals surface area contributed by atoms with Gasteiger partial charge in [-0.3, -0.25) is 19.3 Å². The largest absolute Gasteiger partial charge is 0.484 e. The van der Waals surface area contributed by atoms with Gasteiger partial charge in [0.1, 0.15) is 5.75 Å². The lowest BCUT2D eigenvalue weighted by Gasteiger charge is -2.17. The Labute approximate surface area is 184 Å². The Kier molecular flexibility index (Phi) is 5.33. The van der Waals surface area contributed by atoms with Gasteiger partial charge in [-0.15, -0.1) is 0 Å². The molecule has 0 aliphatic carbocycles. The van der Waals surface area contributed by atoms with Crippen LogP contribution in [-0.4, -0.2) is 48.5 Å². The van der Waals surface area contributed by atoms with Crippen molar-refractivity contribution in [2.24, 2.45) is 0 Å². The van der Waals surface area contributed by atoms with E-state index in [9.17, 15) is 14.4 Å². The number of hydrogen-bond acceptors (Lipinski definition) is 5. The Morgan fingerprint density at radius 2 is 1.81 bits per heavy atom. The molecule has 32 heavy (non-hydrogen) atoms. The smallest absolute Gasteiger partial charge is 0.262 e. The summed E-state index contributed by atoms with van der Waals surface area (Å²) in [5.41, 5.74) is 1.08. The predicted molar refractivity (Wildman–Crippen MR) is 119 cm³/mol.